The number of aliphatic hydroxyl groups is 1. The SMILES string of the molecule is C=C(O)c1nn(-c2ccccc2-c2ccccc2C)cc(O)c1=O. The third-order valence-corrected chi connectivity index (χ3v) is 3.76. The van der Waals surface area contributed by atoms with Crippen molar-refractivity contribution in [3.05, 3.63) is 82.8 Å². The van der Waals surface area contributed by atoms with Gasteiger partial charge >= 0.3 is 0 Å². The Kier molecular flexibility index (Phi) is 3.92. The van der Waals surface area contributed by atoms with E-state index in [1.807, 2.05) is 55.5 Å². The van der Waals surface area contributed by atoms with Gasteiger partial charge in [0.2, 0.25) is 0 Å². The van der Waals surface area contributed by atoms with Crippen LogP contribution in [0.2, 0.25) is 0 Å². The number of rotatable bonds is 3. The van der Waals surface area contributed by atoms with Crippen molar-refractivity contribution in [1.29, 1.82) is 0 Å². The summed E-state index contributed by atoms with van der Waals surface area (Å²) in [5, 5.41) is 23.5. The first-order valence-corrected chi connectivity index (χ1v) is 7.35. The molecular weight excluding hydrogens is 304 g/mol. The van der Waals surface area contributed by atoms with E-state index in [0.29, 0.717) is 5.69 Å². The van der Waals surface area contributed by atoms with Crippen LogP contribution in [0.4, 0.5) is 0 Å². The summed E-state index contributed by atoms with van der Waals surface area (Å²) in [4.78, 5) is 11.9. The highest BCUT2D eigenvalue weighted by Gasteiger charge is 2.14. The second-order valence-electron chi connectivity index (χ2n) is 5.42. The molecule has 2 aromatic carbocycles. The summed E-state index contributed by atoms with van der Waals surface area (Å²) in [6, 6.07) is 15.4. The van der Waals surface area contributed by atoms with Gasteiger partial charge in [-0.25, -0.2) is 4.68 Å². The molecule has 0 aliphatic heterocycles. The minimum Gasteiger partial charge on any atom is -0.506 e. The van der Waals surface area contributed by atoms with E-state index in [-0.39, 0.29) is 5.69 Å². The number of aryl methyl sites for hydroxylation is 1. The summed E-state index contributed by atoms with van der Waals surface area (Å²) in [7, 11) is 0. The number of aromatic nitrogens is 2. The van der Waals surface area contributed by atoms with Crippen LogP contribution in [0.25, 0.3) is 22.6 Å². The maximum Gasteiger partial charge on any atom is 0.252 e. The summed E-state index contributed by atoms with van der Waals surface area (Å²) in [6.45, 7) is 5.33. The minimum absolute atomic E-state index is 0.283. The normalized spacial score (nSPS) is 10.5. The second kappa shape index (κ2) is 6.04. The fourth-order valence-electron chi connectivity index (χ4n) is 2.57. The van der Waals surface area contributed by atoms with Gasteiger partial charge in [-0.2, -0.15) is 5.10 Å². The average Bonchev–Trinajstić information content (AvgIpc) is 2.57. The fourth-order valence-corrected chi connectivity index (χ4v) is 2.57. The minimum atomic E-state index is -0.757. The number of benzene rings is 2. The monoisotopic (exact) mass is 320 g/mol. The topological polar surface area (TPSA) is 75.3 Å². The standard InChI is InChI=1S/C19H16N2O3/c1-12-7-3-4-8-14(12)15-9-5-6-10-16(15)21-11-17(23)19(24)18(20-21)13(2)22/h3-11,22-23H,2H2,1H3. The van der Waals surface area contributed by atoms with Crippen molar-refractivity contribution >= 4 is 5.76 Å². The number of aliphatic hydroxyl groups excluding tert-OH is 1. The number of aromatic hydroxyl groups is 1. The molecule has 120 valence electrons. The van der Waals surface area contributed by atoms with E-state index in [9.17, 15) is 15.0 Å². The van der Waals surface area contributed by atoms with Crippen LogP contribution in [-0.4, -0.2) is 20.0 Å². The Balaban J connectivity index is 2.28. The van der Waals surface area contributed by atoms with Crippen molar-refractivity contribution < 1.29 is 10.2 Å². The van der Waals surface area contributed by atoms with Crippen LogP contribution in [0.1, 0.15) is 11.3 Å². The van der Waals surface area contributed by atoms with E-state index >= 15 is 0 Å². The van der Waals surface area contributed by atoms with Gasteiger partial charge in [-0.1, -0.05) is 49.0 Å². The van der Waals surface area contributed by atoms with E-state index in [1.54, 1.807) is 0 Å². The van der Waals surface area contributed by atoms with Gasteiger partial charge < -0.3 is 10.2 Å². The van der Waals surface area contributed by atoms with E-state index in [2.05, 4.69) is 11.7 Å². The molecule has 0 spiro atoms. The summed E-state index contributed by atoms with van der Waals surface area (Å²) < 4.78 is 1.37. The highest BCUT2D eigenvalue weighted by molar-refractivity contribution is 5.75. The highest BCUT2D eigenvalue weighted by atomic mass is 16.3. The van der Waals surface area contributed by atoms with Crippen LogP contribution < -0.4 is 5.43 Å². The lowest BCUT2D eigenvalue weighted by atomic mass is 9.99. The van der Waals surface area contributed by atoms with Gasteiger partial charge in [0.1, 0.15) is 5.76 Å². The summed E-state index contributed by atoms with van der Waals surface area (Å²) in [5.74, 6) is -0.993. The number of hydrogen-bond donors (Lipinski definition) is 2. The van der Waals surface area contributed by atoms with Gasteiger partial charge in [0.25, 0.3) is 5.43 Å². The number of nitrogens with zero attached hydrogens (tertiary/aromatic N) is 2. The quantitative estimate of drug-likeness (QED) is 0.725. The molecule has 1 heterocycles. The zero-order chi connectivity index (χ0) is 17.3. The molecule has 5 heteroatoms. The van der Waals surface area contributed by atoms with Gasteiger partial charge in [-0.15, -0.1) is 0 Å². The Morgan fingerprint density at radius 1 is 1.08 bits per heavy atom. The van der Waals surface area contributed by atoms with E-state index < -0.39 is 16.9 Å². The average molecular weight is 320 g/mol. The Morgan fingerprint density at radius 2 is 1.71 bits per heavy atom. The summed E-state index contributed by atoms with van der Waals surface area (Å²) >= 11 is 0. The maximum absolute atomic E-state index is 11.9. The molecular formula is C19H16N2O3. The maximum atomic E-state index is 11.9. The zero-order valence-corrected chi connectivity index (χ0v) is 13.1. The number of hydrogen-bond acceptors (Lipinski definition) is 4. The molecule has 5 nitrogen and oxygen atoms in total. The molecule has 2 N–H and O–H groups in total. The van der Waals surface area contributed by atoms with Gasteiger partial charge in [-0.05, 0) is 24.1 Å². The Morgan fingerprint density at radius 3 is 2.38 bits per heavy atom. The van der Waals surface area contributed by atoms with Crippen LogP contribution >= 0.6 is 0 Å². The predicted molar refractivity (Wildman–Crippen MR) is 93.3 cm³/mol. The zero-order valence-electron chi connectivity index (χ0n) is 13.1. The van der Waals surface area contributed by atoms with Crippen molar-refractivity contribution in [2.75, 3.05) is 0 Å². The van der Waals surface area contributed by atoms with Crippen LogP contribution in [0.15, 0.2) is 66.1 Å². The molecule has 3 rings (SSSR count). The molecule has 1 aromatic heterocycles. The smallest absolute Gasteiger partial charge is 0.252 e. The molecule has 0 atom stereocenters. The van der Waals surface area contributed by atoms with Crippen molar-refractivity contribution in [2.45, 2.75) is 6.92 Å². The fraction of sp³-hybridized carbons (Fsp3) is 0.0526. The lowest BCUT2D eigenvalue weighted by Gasteiger charge is -2.14. The van der Waals surface area contributed by atoms with Crippen molar-refractivity contribution in [3.63, 3.8) is 0 Å². The summed E-state index contributed by atoms with van der Waals surface area (Å²) in [5.41, 5.74) is 2.62. The third-order valence-electron chi connectivity index (χ3n) is 3.76. The first-order valence-electron chi connectivity index (χ1n) is 7.35. The third kappa shape index (κ3) is 2.67. The van der Waals surface area contributed by atoms with Crippen LogP contribution in [0, 0.1) is 6.92 Å². The molecule has 0 radical (unpaired) electrons. The highest BCUT2D eigenvalue weighted by Crippen LogP contribution is 2.29. The van der Waals surface area contributed by atoms with Crippen molar-refractivity contribution in [3.8, 4) is 22.6 Å². The van der Waals surface area contributed by atoms with Crippen LogP contribution in [0.3, 0.4) is 0 Å². The summed E-state index contributed by atoms with van der Waals surface area (Å²) in [6.07, 6.45) is 1.23. The van der Waals surface area contributed by atoms with Crippen molar-refractivity contribution in [2.24, 2.45) is 0 Å². The van der Waals surface area contributed by atoms with E-state index in [4.69, 9.17) is 0 Å². The molecule has 0 fully saturated rings. The largest absolute Gasteiger partial charge is 0.506 e. The van der Waals surface area contributed by atoms with Gasteiger partial charge in [-0.3, -0.25) is 4.79 Å². The van der Waals surface area contributed by atoms with Crippen LogP contribution in [0.5, 0.6) is 5.75 Å². The second-order valence-corrected chi connectivity index (χ2v) is 5.42. The van der Waals surface area contributed by atoms with E-state index in [0.717, 1.165) is 16.7 Å². The lowest BCUT2D eigenvalue weighted by Crippen LogP contribution is -2.16. The molecule has 0 aliphatic carbocycles. The molecule has 0 amide bonds. The molecule has 0 aliphatic rings. The molecule has 0 unspecified atom stereocenters. The van der Waals surface area contributed by atoms with E-state index in [1.165, 1.54) is 10.9 Å². The Hall–Kier alpha value is -3.34. The first kappa shape index (κ1) is 15.6. The molecule has 0 saturated carbocycles. The number of para-hydroxylation sites is 1. The molecule has 0 bridgehead atoms. The molecule has 0 saturated heterocycles. The van der Waals surface area contributed by atoms with Crippen molar-refractivity contribution in [1.82, 2.24) is 9.78 Å². The molecule has 24 heavy (non-hydrogen) atoms. The Bertz CT molecular complexity index is 990. The van der Waals surface area contributed by atoms with Gasteiger partial charge in [0, 0.05) is 5.56 Å². The Labute approximate surface area is 138 Å². The molecule has 3 aromatic rings. The van der Waals surface area contributed by atoms with Gasteiger partial charge in [0.05, 0.1) is 11.9 Å². The first-order chi connectivity index (χ1) is 11.5. The lowest BCUT2D eigenvalue weighted by molar-refractivity contribution is 0.455. The van der Waals surface area contributed by atoms with Crippen LogP contribution in [-0.2, 0) is 0 Å². The predicted octanol–water partition coefficient (Wildman–Crippen LogP) is 3.44. The van der Waals surface area contributed by atoms with Gasteiger partial charge in [0.15, 0.2) is 11.4 Å².